The Kier molecular flexibility index (Phi) is 6.90. The lowest BCUT2D eigenvalue weighted by Crippen LogP contribution is -2.21. The van der Waals surface area contributed by atoms with Crippen LogP contribution in [0.4, 0.5) is 14.5 Å². The lowest BCUT2D eigenvalue weighted by atomic mass is 10.1. The van der Waals surface area contributed by atoms with Gasteiger partial charge in [-0.2, -0.15) is 8.78 Å². The highest BCUT2D eigenvalue weighted by Gasteiger charge is 2.12. The van der Waals surface area contributed by atoms with Crippen molar-refractivity contribution in [3.05, 3.63) is 64.7 Å². The van der Waals surface area contributed by atoms with E-state index in [-0.39, 0.29) is 22.4 Å². The molecule has 0 spiro atoms. The molecule has 0 radical (unpaired) electrons. The van der Waals surface area contributed by atoms with Gasteiger partial charge in [0.05, 0.1) is 10.7 Å². The molecule has 0 bridgehead atoms. The fourth-order valence-electron chi connectivity index (χ4n) is 2.17. The lowest BCUT2D eigenvalue weighted by molar-refractivity contribution is -0.111. The Morgan fingerprint density at radius 3 is 2.56 bits per heavy atom. The van der Waals surface area contributed by atoms with Crippen LogP contribution in [0.25, 0.3) is 6.08 Å². The maximum absolute atomic E-state index is 12.4. The molecule has 0 fully saturated rings. The van der Waals surface area contributed by atoms with Crippen LogP contribution in [-0.2, 0) is 4.79 Å². The number of carbonyl (C=O) groups excluding carboxylic acids is 2. The molecular formula is C19H17ClF2N2O3. The molecule has 0 saturated carbocycles. The third kappa shape index (κ3) is 5.79. The zero-order chi connectivity index (χ0) is 20.0. The summed E-state index contributed by atoms with van der Waals surface area (Å²) in [5, 5.41) is 2.82. The second kappa shape index (κ2) is 9.14. The van der Waals surface area contributed by atoms with E-state index in [9.17, 15) is 18.4 Å². The summed E-state index contributed by atoms with van der Waals surface area (Å²) in [6.45, 7) is -2.97. The summed E-state index contributed by atoms with van der Waals surface area (Å²) >= 11 is 6.06. The van der Waals surface area contributed by atoms with Crippen molar-refractivity contribution in [2.45, 2.75) is 6.61 Å². The number of rotatable bonds is 6. The SMILES string of the molecule is CN(C)C(=O)c1ccc(Cl)c(NC(=O)/C=C/c2ccccc2OC(F)F)c1. The Morgan fingerprint density at radius 1 is 1.19 bits per heavy atom. The van der Waals surface area contributed by atoms with Gasteiger partial charge in [-0.3, -0.25) is 9.59 Å². The minimum atomic E-state index is -2.97. The molecule has 0 aromatic heterocycles. The molecule has 2 rings (SSSR count). The second-order valence-corrected chi connectivity index (χ2v) is 6.04. The fraction of sp³-hybridized carbons (Fsp3) is 0.158. The lowest BCUT2D eigenvalue weighted by Gasteiger charge is -2.12. The van der Waals surface area contributed by atoms with Gasteiger partial charge in [0.15, 0.2) is 0 Å². The number of nitrogens with one attached hydrogen (secondary N) is 1. The van der Waals surface area contributed by atoms with Gasteiger partial charge in [-0.1, -0.05) is 29.8 Å². The maximum atomic E-state index is 12.4. The van der Waals surface area contributed by atoms with E-state index < -0.39 is 12.5 Å². The molecule has 0 aliphatic carbocycles. The zero-order valence-corrected chi connectivity index (χ0v) is 15.3. The quantitative estimate of drug-likeness (QED) is 0.743. The molecule has 5 nitrogen and oxygen atoms in total. The van der Waals surface area contributed by atoms with Gasteiger partial charge >= 0.3 is 6.61 Å². The van der Waals surface area contributed by atoms with Crippen molar-refractivity contribution in [3.8, 4) is 5.75 Å². The van der Waals surface area contributed by atoms with Crippen LogP contribution in [-0.4, -0.2) is 37.4 Å². The molecule has 0 aliphatic rings. The molecular weight excluding hydrogens is 378 g/mol. The topological polar surface area (TPSA) is 58.6 Å². The molecule has 0 saturated heterocycles. The van der Waals surface area contributed by atoms with Gasteiger partial charge < -0.3 is 15.0 Å². The van der Waals surface area contributed by atoms with E-state index in [0.29, 0.717) is 11.1 Å². The van der Waals surface area contributed by atoms with Crippen LogP contribution in [0.1, 0.15) is 15.9 Å². The minimum Gasteiger partial charge on any atom is -0.434 e. The van der Waals surface area contributed by atoms with Gasteiger partial charge in [0.2, 0.25) is 5.91 Å². The first-order chi connectivity index (χ1) is 12.8. The molecule has 1 N–H and O–H groups in total. The van der Waals surface area contributed by atoms with E-state index in [1.54, 1.807) is 32.3 Å². The monoisotopic (exact) mass is 394 g/mol. The number of nitrogens with zero attached hydrogens (tertiary/aromatic N) is 1. The molecule has 0 atom stereocenters. The number of halogens is 3. The standard InChI is InChI=1S/C19H17ClF2N2O3/c1-24(2)18(26)13-7-9-14(20)15(11-13)23-17(25)10-8-12-5-3-4-6-16(12)27-19(21)22/h3-11,19H,1-2H3,(H,23,25)/b10-8+. The average molecular weight is 395 g/mol. The molecule has 0 heterocycles. The summed E-state index contributed by atoms with van der Waals surface area (Å²) < 4.78 is 29.2. The van der Waals surface area contributed by atoms with E-state index in [4.69, 9.17) is 11.6 Å². The predicted molar refractivity (Wildman–Crippen MR) is 100 cm³/mol. The van der Waals surface area contributed by atoms with E-state index in [2.05, 4.69) is 10.1 Å². The van der Waals surface area contributed by atoms with Crippen LogP contribution >= 0.6 is 11.6 Å². The first-order valence-electron chi connectivity index (χ1n) is 7.82. The molecule has 27 heavy (non-hydrogen) atoms. The van der Waals surface area contributed by atoms with Crippen molar-refractivity contribution in [2.75, 3.05) is 19.4 Å². The normalized spacial score (nSPS) is 10.9. The van der Waals surface area contributed by atoms with Gasteiger partial charge in [-0.05, 0) is 30.3 Å². The number of hydrogen-bond donors (Lipinski definition) is 1. The van der Waals surface area contributed by atoms with Crippen molar-refractivity contribution in [2.24, 2.45) is 0 Å². The van der Waals surface area contributed by atoms with E-state index >= 15 is 0 Å². The summed E-state index contributed by atoms with van der Waals surface area (Å²) in [5.74, 6) is -0.831. The predicted octanol–water partition coefficient (Wildman–Crippen LogP) is 4.30. The molecule has 2 amide bonds. The second-order valence-electron chi connectivity index (χ2n) is 5.63. The van der Waals surface area contributed by atoms with Crippen molar-refractivity contribution in [3.63, 3.8) is 0 Å². The number of amides is 2. The Balaban J connectivity index is 2.16. The number of benzene rings is 2. The summed E-state index contributed by atoms with van der Waals surface area (Å²) in [5.41, 5.74) is 0.936. The first-order valence-corrected chi connectivity index (χ1v) is 8.20. The van der Waals surface area contributed by atoms with Crippen LogP contribution in [0, 0.1) is 0 Å². The molecule has 0 aliphatic heterocycles. The number of para-hydroxylation sites is 1. The summed E-state index contributed by atoms with van der Waals surface area (Å²) in [7, 11) is 3.22. The fourth-order valence-corrected chi connectivity index (χ4v) is 2.34. The van der Waals surface area contributed by atoms with Crippen LogP contribution < -0.4 is 10.1 Å². The Labute approximate surface area is 160 Å². The molecule has 2 aromatic rings. The minimum absolute atomic E-state index is 0.0480. The van der Waals surface area contributed by atoms with E-state index in [0.717, 1.165) is 6.08 Å². The Bertz CT molecular complexity index is 870. The largest absolute Gasteiger partial charge is 0.434 e. The number of alkyl halides is 2. The number of carbonyl (C=O) groups is 2. The Hall–Kier alpha value is -2.93. The number of anilines is 1. The zero-order valence-electron chi connectivity index (χ0n) is 14.6. The third-order valence-corrected chi connectivity index (χ3v) is 3.76. The van der Waals surface area contributed by atoms with Crippen LogP contribution in [0.2, 0.25) is 5.02 Å². The highest BCUT2D eigenvalue weighted by atomic mass is 35.5. The average Bonchev–Trinajstić information content (AvgIpc) is 2.61. The highest BCUT2D eigenvalue weighted by Crippen LogP contribution is 2.24. The third-order valence-electron chi connectivity index (χ3n) is 3.43. The van der Waals surface area contributed by atoms with Crippen molar-refractivity contribution < 1.29 is 23.1 Å². The van der Waals surface area contributed by atoms with Gasteiger partial charge in [-0.25, -0.2) is 0 Å². The van der Waals surface area contributed by atoms with Crippen molar-refractivity contribution >= 4 is 35.2 Å². The summed E-state index contributed by atoms with van der Waals surface area (Å²) in [6, 6.07) is 10.6. The van der Waals surface area contributed by atoms with Gasteiger partial charge in [0.25, 0.3) is 5.91 Å². The van der Waals surface area contributed by atoms with Gasteiger partial charge in [-0.15, -0.1) is 0 Å². The number of ether oxygens (including phenoxy) is 1. The van der Waals surface area contributed by atoms with Crippen LogP contribution in [0.5, 0.6) is 5.75 Å². The van der Waals surface area contributed by atoms with Crippen molar-refractivity contribution in [1.82, 2.24) is 4.90 Å². The van der Waals surface area contributed by atoms with E-state index in [1.807, 2.05) is 0 Å². The van der Waals surface area contributed by atoms with Crippen molar-refractivity contribution in [1.29, 1.82) is 0 Å². The van der Waals surface area contributed by atoms with Crippen LogP contribution in [0.3, 0.4) is 0 Å². The summed E-state index contributed by atoms with van der Waals surface area (Å²) in [4.78, 5) is 25.6. The number of hydrogen-bond acceptors (Lipinski definition) is 3. The first kappa shape index (κ1) is 20.4. The molecule has 0 unspecified atom stereocenters. The molecule has 8 heteroatoms. The van der Waals surface area contributed by atoms with E-state index in [1.165, 1.54) is 35.2 Å². The highest BCUT2D eigenvalue weighted by molar-refractivity contribution is 6.34. The molecule has 2 aromatic carbocycles. The summed E-state index contributed by atoms with van der Waals surface area (Å²) in [6.07, 6.45) is 2.50. The maximum Gasteiger partial charge on any atom is 0.387 e. The Morgan fingerprint density at radius 2 is 1.89 bits per heavy atom. The van der Waals surface area contributed by atoms with Gasteiger partial charge in [0, 0.05) is 31.3 Å². The molecule has 142 valence electrons. The smallest absolute Gasteiger partial charge is 0.387 e. The van der Waals surface area contributed by atoms with Crippen LogP contribution in [0.15, 0.2) is 48.5 Å². The van der Waals surface area contributed by atoms with Gasteiger partial charge in [0.1, 0.15) is 5.75 Å².